The Balaban J connectivity index is 1.71. The highest BCUT2D eigenvalue weighted by atomic mass is 35.5. The molecule has 112 valence electrons. The van der Waals surface area contributed by atoms with Crippen molar-refractivity contribution in [1.29, 1.82) is 0 Å². The molecule has 1 aromatic heterocycles. The number of carbonyl (C=O) groups excluding carboxylic acids is 1. The van der Waals surface area contributed by atoms with Crippen molar-refractivity contribution in [3.05, 3.63) is 34.5 Å². The maximum atomic E-state index is 11.5. The minimum atomic E-state index is -0.0771. The van der Waals surface area contributed by atoms with Crippen LogP contribution in [0.15, 0.2) is 18.2 Å². The van der Waals surface area contributed by atoms with E-state index in [0.29, 0.717) is 18.9 Å². The molecule has 4 heteroatoms. The third-order valence-electron chi connectivity index (χ3n) is 4.31. The molecule has 0 saturated carbocycles. The van der Waals surface area contributed by atoms with E-state index < -0.39 is 0 Å². The topological polar surface area (TPSA) is 42.1 Å². The van der Waals surface area contributed by atoms with Crippen LogP contribution in [0.3, 0.4) is 0 Å². The van der Waals surface area contributed by atoms with Gasteiger partial charge in [0.1, 0.15) is 0 Å². The van der Waals surface area contributed by atoms with E-state index in [2.05, 4.69) is 4.98 Å². The highest BCUT2D eigenvalue weighted by molar-refractivity contribution is 6.31. The zero-order valence-electron chi connectivity index (χ0n) is 12.2. The van der Waals surface area contributed by atoms with Gasteiger partial charge in [-0.15, -0.1) is 0 Å². The zero-order valence-corrected chi connectivity index (χ0v) is 13.0. The summed E-state index contributed by atoms with van der Waals surface area (Å²) in [6.45, 7) is 2.32. The van der Waals surface area contributed by atoms with Crippen molar-refractivity contribution in [2.75, 3.05) is 6.61 Å². The maximum absolute atomic E-state index is 11.5. The normalized spacial score (nSPS) is 17.7. The van der Waals surface area contributed by atoms with Crippen molar-refractivity contribution in [1.82, 2.24) is 4.98 Å². The van der Waals surface area contributed by atoms with Gasteiger partial charge >= 0.3 is 5.97 Å². The van der Waals surface area contributed by atoms with Crippen molar-refractivity contribution in [2.45, 2.75) is 39.0 Å². The Morgan fingerprint density at radius 3 is 3.14 bits per heavy atom. The first-order valence-electron chi connectivity index (χ1n) is 7.62. The van der Waals surface area contributed by atoms with E-state index in [9.17, 15) is 4.79 Å². The van der Waals surface area contributed by atoms with Gasteiger partial charge < -0.3 is 9.72 Å². The van der Waals surface area contributed by atoms with Crippen LogP contribution in [0.1, 0.15) is 37.4 Å². The quantitative estimate of drug-likeness (QED) is 0.857. The van der Waals surface area contributed by atoms with E-state index in [1.54, 1.807) is 0 Å². The van der Waals surface area contributed by atoms with Crippen LogP contribution in [-0.2, 0) is 22.4 Å². The molecule has 1 aliphatic carbocycles. The number of carbonyl (C=O) groups is 1. The molecular weight excluding hydrogens is 286 g/mol. The summed E-state index contributed by atoms with van der Waals surface area (Å²) >= 11 is 6.10. The van der Waals surface area contributed by atoms with Crippen LogP contribution in [-0.4, -0.2) is 17.6 Å². The Morgan fingerprint density at radius 1 is 1.48 bits per heavy atom. The lowest BCUT2D eigenvalue weighted by molar-refractivity contribution is -0.143. The Morgan fingerprint density at radius 2 is 2.33 bits per heavy atom. The summed E-state index contributed by atoms with van der Waals surface area (Å²) in [5.41, 5.74) is 3.88. The van der Waals surface area contributed by atoms with Crippen molar-refractivity contribution in [2.24, 2.45) is 5.92 Å². The van der Waals surface area contributed by atoms with E-state index in [0.717, 1.165) is 36.2 Å². The molecule has 0 radical (unpaired) electrons. The predicted molar refractivity (Wildman–Crippen MR) is 84.7 cm³/mol. The first kappa shape index (κ1) is 14.5. The summed E-state index contributed by atoms with van der Waals surface area (Å²) < 4.78 is 5.00. The molecule has 0 aliphatic heterocycles. The van der Waals surface area contributed by atoms with Crippen LogP contribution in [0.25, 0.3) is 10.9 Å². The van der Waals surface area contributed by atoms with Crippen LogP contribution in [0.5, 0.6) is 0 Å². The first-order valence-corrected chi connectivity index (χ1v) is 7.99. The molecule has 1 aromatic carbocycles. The second kappa shape index (κ2) is 6.10. The third-order valence-corrected chi connectivity index (χ3v) is 4.55. The van der Waals surface area contributed by atoms with Crippen molar-refractivity contribution < 1.29 is 9.53 Å². The van der Waals surface area contributed by atoms with Gasteiger partial charge in [0.15, 0.2) is 0 Å². The SMILES string of the molecule is CCOC(=O)CCC1CCc2c([nH]c3ccc(Cl)cc23)C1. The number of halogens is 1. The summed E-state index contributed by atoms with van der Waals surface area (Å²) in [6, 6.07) is 6.01. The Hall–Kier alpha value is -1.48. The Bertz CT molecular complexity index is 662. The molecule has 21 heavy (non-hydrogen) atoms. The average molecular weight is 306 g/mol. The highest BCUT2D eigenvalue weighted by Crippen LogP contribution is 2.34. The number of hydrogen-bond acceptors (Lipinski definition) is 2. The van der Waals surface area contributed by atoms with E-state index >= 15 is 0 Å². The Kier molecular flexibility index (Phi) is 4.20. The molecule has 2 aromatic rings. The van der Waals surface area contributed by atoms with Gasteiger partial charge in [0, 0.05) is 28.0 Å². The van der Waals surface area contributed by atoms with Gasteiger partial charge in [-0.2, -0.15) is 0 Å². The summed E-state index contributed by atoms with van der Waals surface area (Å²) in [4.78, 5) is 15.0. The number of aryl methyl sites for hydroxylation is 1. The Labute approximate surface area is 129 Å². The van der Waals surface area contributed by atoms with Crippen LogP contribution < -0.4 is 0 Å². The lowest BCUT2D eigenvalue weighted by atomic mass is 9.84. The molecule has 0 amide bonds. The molecule has 0 saturated heterocycles. The molecule has 0 fully saturated rings. The number of ether oxygens (including phenoxy) is 1. The van der Waals surface area contributed by atoms with Crippen LogP contribution in [0.2, 0.25) is 5.02 Å². The first-order chi connectivity index (χ1) is 10.2. The van der Waals surface area contributed by atoms with Gasteiger partial charge in [-0.1, -0.05) is 11.6 Å². The third kappa shape index (κ3) is 3.08. The fraction of sp³-hybridized carbons (Fsp3) is 0.471. The molecule has 1 N–H and O–H groups in total. The minimum absolute atomic E-state index is 0.0771. The lowest BCUT2D eigenvalue weighted by Crippen LogP contribution is -2.16. The number of esters is 1. The number of aromatic amines is 1. The molecule has 1 unspecified atom stereocenters. The van der Waals surface area contributed by atoms with Crippen molar-refractivity contribution in [3.8, 4) is 0 Å². The summed E-state index contributed by atoms with van der Waals surface area (Å²) in [5, 5.41) is 2.04. The van der Waals surface area contributed by atoms with Crippen molar-refractivity contribution in [3.63, 3.8) is 0 Å². The van der Waals surface area contributed by atoms with Crippen molar-refractivity contribution >= 4 is 28.5 Å². The fourth-order valence-corrected chi connectivity index (χ4v) is 3.45. The standard InChI is InChI=1S/C17H20ClNO2/c1-2-21-17(20)8-4-11-3-6-13-14-10-12(18)5-7-15(14)19-16(13)9-11/h5,7,10-11,19H,2-4,6,8-9H2,1H3. The van der Waals surface area contributed by atoms with E-state index in [-0.39, 0.29) is 5.97 Å². The van der Waals surface area contributed by atoms with Crippen LogP contribution in [0, 0.1) is 5.92 Å². The number of hydrogen-bond donors (Lipinski definition) is 1. The number of aromatic nitrogens is 1. The maximum Gasteiger partial charge on any atom is 0.305 e. The van der Waals surface area contributed by atoms with Crippen LogP contribution >= 0.6 is 11.6 Å². The number of benzene rings is 1. The summed E-state index contributed by atoms with van der Waals surface area (Å²) in [6.07, 6.45) is 4.64. The van der Waals surface area contributed by atoms with Gasteiger partial charge in [-0.05, 0) is 62.3 Å². The summed E-state index contributed by atoms with van der Waals surface area (Å²) in [7, 11) is 0. The van der Waals surface area contributed by atoms with Gasteiger partial charge in [0.2, 0.25) is 0 Å². The van der Waals surface area contributed by atoms with Crippen LogP contribution in [0.4, 0.5) is 0 Å². The zero-order chi connectivity index (χ0) is 14.8. The smallest absolute Gasteiger partial charge is 0.305 e. The average Bonchev–Trinajstić information content (AvgIpc) is 2.82. The molecule has 3 nitrogen and oxygen atoms in total. The lowest BCUT2D eigenvalue weighted by Gasteiger charge is -2.22. The fourth-order valence-electron chi connectivity index (χ4n) is 3.28. The van der Waals surface area contributed by atoms with Gasteiger partial charge in [0.05, 0.1) is 6.61 Å². The second-order valence-corrected chi connectivity index (χ2v) is 6.16. The number of nitrogens with one attached hydrogen (secondary N) is 1. The molecule has 3 rings (SSSR count). The predicted octanol–water partition coefficient (Wildman–Crippen LogP) is 4.27. The summed E-state index contributed by atoms with van der Waals surface area (Å²) in [5.74, 6) is 0.483. The highest BCUT2D eigenvalue weighted by Gasteiger charge is 2.23. The molecule has 1 heterocycles. The number of fused-ring (bicyclic) bond motifs is 3. The van der Waals surface area contributed by atoms with Gasteiger partial charge in [-0.3, -0.25) is 4.79 Å². The van der Waals surface area contributed by atoms with E-state index in [1.165, 1.54) is 16.6 Å². The minimum Gasteiger partial charge on any atom is -0.466 e. The number of rotatable bonds is 4. The molecule has 0 spiro atoms. The van der Waals surface area contributed by atoms with E-state index in [4.69, 9.17) is 16.3 Å². The van der Waals surface area contributed by atoms with Gasteiger partial charge in [-0.25, -0.2) is 0 Å². The molecule has 1 atom stereocenters. The van der Waals surface area contributed by atoms with Gasteiger partial charge in [0.25, 0.3) is 0 Å². The van der Waals surface area contributed by atoms with E-state index in [1.807, 2.05) is 25.1 Å². The monoisotopic (exact) mass is 305 g/mol. The molecular formula is C17H20ClNO2. The molecule has 1 aliphatic rings. The number of H-pyrrole nitrogens is 1. The molecule has 0 bridgehead atoms. The largest absolute Gasteiger partial charge is 0.466 e. The second-order valence-electron chi connectivity index (χ2n) is 5.72.